The maximum atomic E-state index is 12.0. The van der Waals surface area contributed by atoms with Crippen LogP contribution in [-0.2, 0) is 14.4 Å². The molecule has 138 valence electrons. The topological polar surface area (TPSA) is 94.8 Å². The molecule has 0 bridgehead atoms. The van der Waals surface area contributed by atoms with Crippen LogP contribution in [0.4, 0.5) is 4.79 Å². The second kappa shape index (κ2) is 8.19. The number of nitrogens with one attached hydrogen (secondary N) is 1. The number of hydrogen-bond donors (Lipinski definition) is 1. The molecule has 0 spiro atoms. The van der Waals surface area contributed by atoms with Gasteiger partial charge in [-0.15, -0.1) is 0 Å². The number of piperazine rings is 1. The fourth-order valence-corrected chi connectivity index (χ4v) is 3.01. The van der Waals surface area contributed by atoms with E-state index in [4.69, 9.17) is 0 Å². The second-order valence-corrected chi connectivity index (χ2v) is 6.34. The zero-order chi connectivity index (χ0) is 18.6. The smallest absolute Gasteiger partial charge is 0.331 e. The summed E-state index contributed by atoms with van der Waals surface area (Å²) in [5.74, 6) is -1.93. The Kier molecular flexibility index (Phi) is 6.24. The lowest BCUT2D eigenvalue weighted by Gasteiger charge is -2.32. The van der Waals surface area contributed by atoms with E-state index in [0.717, 1.165) is 42.5 Å². The number of carbonyl (C=O) groups is 4. The molecule has 2 saturated heterocycles. The molecule has 0 atom stereocenters. The number of hydrogen-bond acceptors (Lipinski definition) is 5. The average Bonchev–Trinajstić information content (AvgIpc) is 2.64. The van der Waals surface area contributed by atoms with Gasteiger partial charge in [0.25, 0.3) is 0 Å². The van der Waals surface area contributed by atoms with Gasteiger partial charge in [0.05, 0.1) is 39.3 Å². The molecule has 2 rings (SSSR count). The molecule has 1 N–H and O–H groups in total. The first-order valence-corrected chi connectivity index (χ1v) is 8.57. The summed E-state index contributed by atoms with van der Waals surface area (Å²) in [6, 6.07) is -0.622. The number of rotatable bonds is 5. The highest BCUT2D eigenvalue weighted by Gasteiger charge is 2.41. The number of amides is 5. The molecule has 0 radical (unpaired) electrons. The lowest BCUT2D eigenvalue weighted by Crippen LogP contribution is -3.15. The molecular weight excluding hydrogens is 326 g/mol. The fourth-order valence-electron chi connectivity index (χ4n) is 3.01. The standard InChI is InChI=1S/C16H25N5O4/c1-4-13(22)21-9-7-20(8-10-21)6-5-17-11-12-14(23)18(2)16(25)19(3)15(12)24/h11-12H,4-10H2,1-3H3/p+1. The minimum absolute atomic E-state index is 0.189. The molecule has 2 aliphatic heterocycles. The van der Waals surface area contributed by atoms with E-state index in [1.54, 1.807) is 0 Å². The third kappa shape index (κ3) is 4.22. The molecule has 5 amide bonds. The van der Waals surface area contributed by atoms with Crippen LogP contribution in [0.3, 0.4) is 0 Å². The highest BCUT2D eigenvalue weighted by Crippen LogP contribution is 2.13. The first kappa shape index (κ1) is 19.0. The molecular formula is C16H26N5O4+. The average molecular weight is 352 g/mol. The molecule has 0 aromatic rings. The lowest BCUT2D eigenvalue weighted by atomic mass is 10.1. The fraction of sp³-hybridized carbons (Fsp3) is 0.688. The predicted octanol–water partition coefficient (Wildman–Crippen LogP) is -2.14. The van der Waals surface area contributed by atoms with Crippen LogP contribution in [-0.4, -0.2) is 98.0 Å². The Hall–Kier alpha value is -2.29. The first-order valence-electron chi connectivity index (χ1n) is 8.57. The number of nitrogens with zero attached hydrogens (tertiary/aromatic N) is 4. The SMILES string of the molecule is CCC(=O)N1CC[NH+](CCN=CC2C(=O)N(C)C(=O)N(C)C2=O)CC1. The Bertz CT molecular complexity index is 559. The van der Waals surface area contributed by atoms with Crippen molar-refractivity contribution in [1.82, 2.24) is 14.7 Å². The van der Waals surface area contributed by atoms with E-state index in [0.29, 0.717) is 13.0 Å². The number of carbonyl (C=O) groups excluding carboxylic acids is 4. The Morgan fingerprint density at radius 2 is 1.72 bits per heavy atom. The summed E-state index contributed by atoms with van der Waals surface area (Å²) in [6.07, 6.45) is 1.88. The predicted molar refractivity (Wildman–Crippen MR) is 90.2 cm³/mol. The van der Waals surface area contributed by atoms with Crippen molar-refractivity contribution >= 4 is 30.0 Å². The third-order valence-corrected chi connectivity index (χ3v) is 4.74. The molecule has 25 heavy (non-hydrogen) atoms. The van der Waals surface area contributed by atoms with Crippen LogP contribution in [0.1, 0.15) is 13.3 Å². The van der Waals surface area contributed by atoms with Crippen LogP contribution < -0.4 is 4.90 Å². The molecule has 0 aliphatic carbocycles. The molecule has 9 nitrogen and oxygen atoms in total. The van der Waals surface area contributed by atoms with Crippen molar-refractivity contribution in [2.75, 3.05) is 53.4 Å². The number of imide groups is 2. The van der Waals surface area contributed by atoms with Crippen molar-refractivity contribution < 1.29 is 24.1 Å². The van der Waals surface area contributed by atoms with Crippen LogP contribution >= 0.6 is 0 Å². The van der Waals surface area contributed by atoms with Crippen LogP contribution in [0.15, 0.2) is 4.99 Å². The first-order chi connectivity index (χ1) is 11.9. The van der Waals surface area contributed by atoms with Gasteiger partial charge in [-0.2, -0.15) is 0 Å². The van der Waals surface area contributed by atoms with Crippen LogP contribution in [0.2, 0.25) is 0 Å². The monoisotopic (exact) mass is 352 g/mol. The van der Waals surface area contributed by atoms with Gasteiger partial charge in [0.1, 0.15) is 0 Å². The molecule has 2 heterocycles. The summed E-state index contributed by atoms with van der Waals surface area (Å²) < 4.78 is 0. The van der Waals surface area contributed by atoms with Crippen molar-refractivity contribution in [2.45, 2.75) is 13.3 Å². The zero-order valence-corrected chi connectivity index (χ0v) is 15.0. The quantitative estimate of drug-likeness (QED) is 0.451. The molecule has 0 saturated carbocycles. The van der Waals surface area contributed by atoms with E-state index < -0.39 is 23.8 Å². The maximum absolute atomic E-state index is 12.0. The van der Waals surface area contributed by atoms with E-state index in [2.05, 4.69) is 4.99 Å². The molecule has 2 fully saturated rings. The van der Waals surface area contributed by atoms with E-state index in [9.17, 15) is 19.2 Å². The molecule has 0 unspecified atom stereocenters. The van der Waals surface area contributed by atoms with Crippen molar-refractivity contribution in [3.05, 3.63) is 0 Å². The highest BCUT2D eigenvalue weighted by molar-refractivity contribution is 6.23. The van der Waals surface area contributed by atoms with Gasteiger partial charge in [-0.25, -0.2) is 4.79 Å². The summed E-state index contributed by atoms with van der Waals surface area (Å²) in [6.45, 7) is 6.41. The Labute approximate surface area is 147 Å². The third-order valence-electron chi connectivity index (χ3n) is 4.74. The Morgan fingerprint density at radius 1 is 1.16 bits per heavy atom. The van der Waals surface area contributed by atoms with Gasteiger partial charge in [-0.05, 0) is 0 Å². The van der Waals surface area contributed by atoms with E-state index in [1.807, 2.05) is 11.8 Å². The number of urea groups is 1. The minimum Gasteiger partial charge on any atom is -0.331 e. The van der Waals surface area contributed by atoms with Crippen LogP contribution in [0.5, 0.6) is 0 Å². The number of aliphatic imine (C=N–C) groups is 1. The van der Waals surface area contributed by atoms with Crippen molar-refractivity contribution in [1.29, 1.82) is 0 Å². The minimum atomic E-state index is -1.03. The normalized spacial score (nSPS) is 20.9. The van der Waals surface area contributed by atoms with Gasteiger partial charge in [0.2, 0.25) is 17.7 Å². The van der Waals surface area contributed by atoms with E-state index in [-0.39, 0.29) is 5.91 Å². The largest absolute Gasteiger partial charge is 0.332 e. The molecule has 9 heteroatoms. The summed E-state index contributed by atoms with van der Waals surface area (Å²) >= 11 is 0. The number of quaternary nitrogens is 1. The summed E-state index contributed by atoms with van der Waals surface area (Å²) in [4.78, 5) is 56.7. The van der Waals surface area contributed by atoms with Gasteiger partial charge in [-0.1, -0.05) is 6.92 Å². The van der Waals surface area contributed by atoms with Crippen LogP contribution in [0, 0.1) is 5.92 Å². The Balaban J connectivity index is 1.80. The van der Waals surface area contributed by atoms with E-state index in [1.165, 1.54) is 25.2 Å². The Morgan fingerprint density at radius 3 is 2.24 bits per heavy atom. The second-order valence-electron chi connectivity index (χ2n) is 6.34. The van der Waals surface area contributed by atoms with Gasteiger partial charge in [-0.3, -0.25) is 29.2 Å². The summed E-state index contributed by atoms with van der Waals surface area (Å²) in [5, 5.41) is 0. The molecule has 2 aliphatic rings. The van der Waals surface area contributed by atoms with Crippen molar-refractivity contribution in [2.24, 2.45) is 10.9 Å². The zero-order valence-electron chi connectivity index (χ0n) is 15.0. The van der Waals surface area contributed by atoms with E-state index >= 15 is 0 Å². The maximum Gasteiger partial charge on any atom is 0.332 e. The van der Waals surface area contributed by atoms with Gasteiger partial charge >= 0.3 is 6.03 Å². The van der Waals surface area contributed by atoms with Gasteiger partial charge < -0.3 is 9.80 Å². The van der Waals surface area contributed by atoms with Gasteiger partial charge in [0.15, 0.2) is 5.92 Å². The van der Waals surface area contributed by atoms with Gasteiger partial charge in [0, 0.05) is 26.7 Å². The van der Waals surface area contributed by atoms with Crippen molar-refractivity contribution in [3.8, 4) is 0 Å². The van der Waals surface area contributed by atoms with Crippen molar-refractivity contribution in [3.63, 3.8) is 0 Å². The van der Waals surface area contributed by atoms with Crippen LogP contribution in [0.25, 0.3) is 0 Å². The molecule has 0 aromatic heterocycles. The molecule has 0 aromatic carbocycles. The summed E-state index contributed by atoms with van der Waals surface area (Å²) in [7, 11) is 2.71. The number of barbiturate groups is 1. The lowest BCUT2D eigenvalue weighted by molar-refractivity contribution is -0.902. The highest BCUT2D eigenvalue weighted by atomic mass is 16.2. The summed E-state index contributed by atoms with van der Waals surface area (Å²) in [5.41, 5.74) is 0.